The van der Waals surface area contributed by atoms with E-state index in [1.807, 2.05) is 0 Å². The highest BCUT2D eigenvalue weighted by Gasteiger charge is 2.20. The Labute approximate surface area is 109 Å². The fourth-order valence-corrected chi connectivity index (χ4v) is 2.14. The summed E-state index contributed by atoms with van der Waals surface area (Å²) in [5, 5.41) is 19.5. The summed E-state index contributed by atoms with van der Waals surface area (Å²) in [6.07, 6.45) is 0. The highest BCUT2D eigenvalue weighted by molar-refractivity contribution is 6.15. The lowest BCUT2D eigenvalue weighted by molar-refractivity contribution is 0.0695. The van der Waals surface area contributed by atoms with Crippen molar-refractivity contribution in [1.82, 2.24) is 0 Å². The van der Waals surface area contributed by atoms with Gasteiger partial charge in [0.2, 0.25) is 0 Å². The molecule has 98 valence electrons. The fraction of sp³-hybridized carbons (Fsp3) is 0.143. The van der Waals surface area contributed by atoms with Crippen molar-refractivity contribution in [2.75, 3.05) is 19.0 Å². The lowest BCUT2D eigenvalue weighted by atomic mass is 9.97. The molecule has 2 aromatic carbocycles. The molecule has 0 saturated carbocycles. The minimum Gasteiger partial charge on any atom is -0.478 e. The Morgan fingerprint density at radius 2 is 1.68 bits per heavy atom. The van der Waals surface area contributed by atoms with E-state index >= 15 is 0 Å². The van der Waals surface area contributed by atoms with Gasteiger partial charge in [0, 0.05) is 19.5 Å². The average molecular weight is 259 g/mol. The quantitative estimate of drug-likeness (QED) is 0.884. The SMILES string of the molecule is CN(C)c1ccc2cccc(C(=O)O)c2c1C(=O)O. The van der Waals surface area contributed by atoms with E-state index < -0.39 is 11.9 Å². The van der Waals surface area contributed by atoms with Crippen molar-refractivity contribution in [3.8, 4) is 0 Å². The van der Waals surface area contributed by atoms with Crippen LogP contribution in [0.3, 0.4) is 0 Å². The number of nitrogens with zero attached hydrogens (tertiary/aromatic N) is 1. The highest BCUT2D eigenvalue weighted by Crippen LogP contribution is 2.30. The van der Waals surface area contributed by atoms with Gasteiger partial charge in [0.05, 0.1) is 16.8 Å². The van der Waals surface area contributed by atoms with Crippen LogP contribution in [0.1, 0.15) is 20.7 Å². The third-order valence-corrected chi connectivity index (χ3v) is 2.95. The molecule has 0 unspecified atom stereocenters. The standard InChI is InChI=1S/C14H13NO4/c1-15(2)10-7-6-8-4-3-5-9(13(16)17)11(8)12(10)14(18)19/h3-7H,1-2H3,(H,16,17)(H,18,19). The molecule has 2 rings (SSSR count). The second-order valence-electron chi connectivity index (χ2n) is 4.37. The van der Waals surface area contributed by atoms with Crippen molar-refractivity contribution in [2.45, 2.75) is 0 Å². The average Bonchev–Trinajstić information content (AvgIpc) is 2.35. The van der Waals surface area contributed by atoms with E-state index in [2.05, 4.69) is 0 Å². The summed E-state index contributed by atoms with van der Waals surface area (Å²) in [5.74, 6) is -2.27. The van der Waals surface area contributed by atoms with Gasteiger partial charge in [-0.2, -0.15) is 0 Å². The van der Waals surface area contributed by atoms with Crippen molar-refractivity contribution < 1.29 is 19.8 Å². The monoisotopic (exact) mass is 259 g/mol. The molecule has 5 nitrogen and oxygen atoms in total. The number of hydrogen-bond donors (Lipinski definition) is 2. The Morgan fingerprint density at radius 1 is 1.00 bits per heavy atom. The number of benzene rings is 2. The zero-order valence-electron chi connectivity index (χ0n) is 10.5. The molecule has 19 heavy (non-hydrogen) atoms. The van der Waals surface area contributed by atoms with Crippen LogP contribution in [0.15, 0.2) is 30.3 Å². The molecule has 0 aliphatic carbocycles. The number of fused-ring (bicyclic) bond motifs is 1. The molecule has 2 aromatic rings. The number of aromatic carboxylic acids is 2. The normalized spacial score (nSPS) is 10.4. The Kier molecular flexibility index (Phi) is 3.12. The molecule has 0 radical (unpaired) electrons. The first-order valence-corrected chi connectivity index (χ1v) is 5.63. The fourth-order valence-electron chi connectivity index (χ4n) is 2.14. The topological polar surface area (TPSA) is 77.8 Å². The summed E-state index contributed by atoms with van der Waals surface area (Å²) >= 11 is 0. The summed E-state index contributed by atoms with van der Waals surface area (Å²) in [4.78, 5) is 24.4. The maximum absolute atomic E-state index is 11.5. The van der Waals surface area contributed by atoms with E-state index in [1.54, 1.807) is 43.3 Å². The van der Waals surface area contributed by atoms with Gasteiger partial charge in [0.1, 0.15) is 0 Å². The number of carboxylic acids is 2. The lowest BCUT2D eigenvalue weighted by Crippen LogP contribution is -2.15. The summed E-state index contributed by atoms with van der Waals surface area (Å²) < 4.78 is 0. The highest BCUT2D eigenvalue weighted by atomic mass is 16.4. The van der Waals surface area contributed by atoms with Gasteiger partial charge < -0.3 is 15.1 Å². The van der Waals surface area contributed by atoms with Crippen LogP contribution in [0, 0.1) is 0 Å². The van der Waals surface area contributed by atoms with Crippen LogP contribution in [0.4, 0.5) is 5.69 Å². The second-order valence-corrected chi connectivity index (χ2v) is 4.37. The third kappa shape index (κ3) is 2.10. The molecule has 0 aliphatic heterocycles. The largest absolute Gasteiger partial charge is 0.478 e. The minimum absolute atomic E-state index is 0.00130. The van der Waals surface area contributed by atoms with E-state index in [0.717, 1.165) is 0 Å². The van der Waals surface area contributed by atoms with Gasteiger partial charge in [0.15, 0.2) is 0 Å². The maximum Gasteiger partial charge on any atom is 0.338 e. The number of rotatable bonds is 3. The van der Waals surface area contributed by atoms with E-state index in [9.17, 15) is 19.8 Å². The van der Waals surface area contributed by atoms with Gasteiger partial charge in [-0.1, -0.05) is 18.2 Å². The van der Waals surface area contributed by atoms with E-state index in [-0.39, 0.29) is 16.5 Å². The summed E-state index contributed by atoms with van der Waals surface area (Å²) in [7, 11) is 3.44. The third-order valence-electron chi connectivity index (χ3n) is 2.95. The summed E-state index contributed by atoms with van der Waals surface area (Å²) in [6.45, 7) is 0. The van der Waals surface area contributed by atoms with Gasteiger partial charge in [-0.15, -0.1) is 0 Å². The second kappa shape index (κ2) is 4.61. The Balaban J connectivity index is 2.98. The Morgan fingerprint density at radius 3 is 2.21 bits per heavy atom. The van der Waals surface area contributed by atoms with E-state index in [1.165, 1.54) is 6.07 Å². The van der Waals surface area contributed by atoms with Gasteiger partial charge in [-0.3, -0.25) is 0 Å². The lowest BCUT2D eigenvalue weighted by Gasteiger charge is -2.18. The summed E-state index contributed by atoms with van der Waals surface area (Å²) in [6, 6.07) is 8.12. The van der Waals surface area contributed by atoms with E-state index in [4.69, 9.17) is 0 Å². The van der Waals surface area contributed by atoms with Gasteiger partial charge in [0.25, 0.3) is 0 Å². The van der Waals surface area contributed by atoms with Crippen LogP contribution in [0.5, 0.6) is 0 Å². The molecular formula is C14H13NO4. The molecule has 0 atom stereocenters. The van der Waals surface area contributed by atoms with Crippen LogP contribution >= 0.6 is 0 Å². The van der Waals surface area contributed by atoms with Gasteiger partial charge in [-0.05, 0) is 17.5 Å². The Bertz CT molecular complexity index is 676. The molecule has 0 amide bonds. The van der Waals surface area contributed by atoms with Crippen LogP contribution in [-0.4, -0.2) is 36.2 Å². The van der Waals surface area contributed by atoms with Crippen LogP contribution < -0.4 is 4.90 Å². The smallest absolute Gasteiger partial charge is 0.338 e. The predicted molar refractivity (Wildman–Crippen MR) is 72.2 cm³/mol. The molecule has 0 heterocycles. The van der Waals surface area contributed by atoms with Gasteiger partial charge in [-0.25, -0.2) is 9.59 Å². The van der Waals surface area contributed by atoms with Crippen molar-refractivity contribution in [3.63, 3.8) is 0 Å². The molecule has 0 bridgehead atoms. The van der Waals surface area contributed by atoms with Crippen molar-refractivity contribution in [3.05, 3.63) is 41.5 Å². The number of hydrogen-bond acceptors (Lipinski definition) is 3. The first-order chi connectivity index (χ1) is 8.93. The molecular weight excluding hydrogens is 246 g/mol. The molecule has 0 spiro atoms. The molecule has 0 saturated heterocycles. The molecule has 0 aliphatic rings. The molecule has 0 fully saturated rings. The van der Waals surface area contributed by atoms with Crippen molar-refractivity contribution in [2.24, 2.45) is 0 Å². The van der Waals surface area contributed by atoms with Crippen LogP contribution in [0.2, 0.25) is 0 Å². The zero-order chi connectivity index (χ0) is 14.2. The van der Waals surface area contributed by atoms with Crippen LogP contribution in [0.25, 0.3) is 10.8 Å². The number of carboxylic acid groups (broad SMARTS) is 2. The van der Waals surface area contributed by atoms with Crippen molar-refractivity contribution in [1.29, 1.82) is 0 Å². The number of anilines is 1. The summed E-state index contributed by atoms with van der Waals surface area (Å²) in [5.41, 5.74) is 0.493. The molecule has 2 N–H and O–H groups in total. The zero-order valence-corrected chi connectivity index (χ0v) is 10.5. The van der Waals surface area contributed by atoms with Gasteiger partial charge >= 0.3 is 11.9 Å². The van der Waals surface area contributed by atoms with Crippen LogP contribution in [-0.2, 0) is 0 Å². The first kappa shape index (κ1) is 12.9. The molecule has 0 aromatic heterocycles. The van der Waals surface area contributed by atoms with E-state index in [0.29, 0.717) is 11.1 Å². The first-order valence-electron chi connectivity index (χ1n) is 5.63. The predicted octanol–water partition coefficient (Wildman–Crippen LogP) is 2.30. The number of carbonyl (C=O) groups is 2. The Hall–Kier alpha value is -2.56. The van der Waals surface area contributed by atoms with Crippen molar-refractivity contribution >= 4 is 28.4 Å². The minimum atomic E-state index is -1.14. The maximum atomic E-state index is 11.5. The molecule has 5 heteroatoms.